The lowest BCUT2D eigenvalue weighted by Gasteiger charge is -2.24. The number of rotatable bonds is 6. The van der Waals surface area contributed by atoms with E-state index in [0.29, 0.717) is 18.9 Å². The topological polar surface area (TPSA) is 68.7 Å². The number of carbonyl (C=O) groups is 1. The zero-order valence-electron chi connectivity index (χ0n) is 14.1. The Morgan fingerprint density at radius 1 is 1.48 bits per heavy atom. The summed E-state index contributed by atoms with van der Waals surface area (Å²) < 4.78 is 0. The Hall–Kier alpha value is -1.65. The summed E-state index contributed by atoms with van der Waals surface area (Å²) in [7, 11) is 4.05. The van der Waals surface area contributed by atoms with Crippen LogP contribution in [0.2, 0.25) is 0 Å². The van der Waals surface area contributed by atoms with Crippen LogP contribution in [0.25, 0.3) is 0 Å². The third-order valence-electron chi connectivity index (χ3n) is 3.90. The first-order valence-corrected chi connectivity index (χ1v) is 8.15. The second kappa shape index (κ2) is 6.85. The number of amides is 1. The predicted octanol–water partition coefficient (Wildman–Crippen LogP) is 2.52. The molecule has 1 aromatic rings. The molecule has 0 spiro atoms. The molecule has 0 saturated carbocycles. The average Bonchev–Trinajstić information content (AvgIpc) is 2.69. The molecule has 23 heavy (non-hydrogen) atoms. The second-order valence-electron chi connectivity index (χ2n) is 6.47. The third kappa shape index (κ3) is 3.82. The lowest BCUT2D eigenvalue weighted by Crippen LogP contribution is -2.44. The van der Waals surface area contributed by atoms with Gasteiger partial charge in [-0.25, -0.2) is 4.83 Å². The highest BCUT2D eigenvalue weighted by Crippen LogP contribution is 2.27. The summed E-state index contributed by atoms with van der Waals surface area (Å²) in [6, 6.07) is 7.70. The molecule has 2 N–H and O–H groups in total. The van der Waals surface area contributed by atoms with E-state index in [0.717, 1.165) is 11.3 Å². The highest BCUT2D eigenvalue weighted by Gasteiger charge is 2.45. The monoisotopic (exact) mass is 336 g/mol. The van der Waals surface area contributed by atoms with Crippen molar-refractivity contribution in [3.8, 4) is 0 Å². The fourth-order valence-electron chi connectivity index (χ4n) is 2.97. The quantitative estimate of drug-likeness (QED) is 0.619. The number of nitrogens with zero attached hydrogens (tertiary/aromatic N) is 2. The molecule has 1 aliphatic heterocycles. The van der Waals surface area contributed by atoms with Crippen molar-refractivity contribution in [2.24, 2.45) is 5.92 Å². The fraction of sp³-hybridized carbons (Fsp3) is 0.500. The Bertz CT molecular complexity index is 607. The van der Waals surface area contributed by atoms with Gasteiger partial charge in [0, 0.05) is 0 Å². The van der Waals surface area contributed by atoms with Crippen molar-refractivity contribution in [2.45, 2.75) is 39.3 Å². The molecule has 7 heteroatoms. The molecule has 0 aliphatic carbocycles. The van der Waals surface area contributed by atoms with Crippen molar-refractivity contribution in [3.63, 3.8) is 0 Å². The van der Waals surface area contributed by atoms with E-state index in [1.807, 2.05) is 31.2 Å². The minimum Gasteiger partial charge on any atom is -0.342 e. The number of hydrogen-bond acceptors (Lipinski definition) is 4. The van der Waals surface area contributed by atoms with Gasteiger partial charge in [0.1, 0.15) is 5.54 Å². The smallest absolute Gasteiger partial charge is 0.255 e. The molecule has 0 aromatic heterocycles. The highest BCUT2D eigenvalue weighted by atomic mass is 31.0. The summed E-state index contributed by atoms with van der Waals surface area (Å²) in [6.45, 7) is 6.40. The fourth-order valence-corrected chi connectivity index (χ4v) is 3.13. The summed E-state index contributed by atoms with van der Waals surface area (Å²) in [5, 5.41) is 11.2. The lowest BCUT2D eigenvalue weighted by atomic mass is 9.91. The van der Waals surface area contributed by atoms with Gasteiger partial charge in [-0.1, -0.05) is 26.0 Å². The van der Waals surface area contributed by atoms with Crippen LogP contribution in [0.15, 0.2) is 24.3 Å². The van der Waals surface area contributed by atoms with Gasteiger partial charge in [0.25, 0.3) is 5.91 Å². The summed E-state index contributed by atoms with van der Waals surface area (Å²) >= 11 is 0. The number of anilines is 1. The predicted molar refractivity (Wildman–Crippen MR) is 94.9 cm³/mol. The SMILES string of the molecule is CON(P)c1cccc(CN2C(=N)NC(C)(CC(C)C)C2=O)c1. The molecule has 0 radical (unpaired) electrons. The molecule has 1 amide bonds. The molecular weight excluding hydrogens is 311 g/mol. The van der Waals surface area contributed by atoms with Gasteiger partial charge >= 0.3 is 0 Å². The van der Waals surface area contributed by atoms with E-state index in [9.17, 15) is 4.79 Å². The van der Waals surface area contributed by atoms with Crippen LogP contribution in [0.3, 0.4) is 0 Å². The van der Waals surface area contributed by atoms with Gasteiger partial charge in [-0.3, -0.25) is 19.9 Å². The van der Waals surface area contributed by atoms with E-state index in [1.165, 1.54) is 4.90 Å². The Morgan fingerprint density at radius 2 is 2.17 bits per heavy atom. The first-order chi connectivity index (χ1) is 10.8. The van der Waals surface area contributed by atoms with Gasteiger partial charge in [0.2, 0.25) is 0 Å². The van der Waals surface area contributed by atoms with Crippen LogP contribution >= 0.6 is 9.39 Å². The lowest BCUT2D eigenvalue weighted by molar-refractivity contribution is -0.131. The molecule has 2 rings (SSSR count). The van der Waals surface area contributed by atoms with Gasteiger partial charge in [0.15, 0.2) is 5.96 Å². The summed E-state index contributed by atoms with van der Waals surface area (Å²) in [4.78, 5) is 20.9. The van der Waals surface area contributed by atoms with E-state index in [-0.39, 0.29) is 11.9 Å². The van der Waals surface area contributed by atoms with Gasteiger partial charge in [0.05, 0.1) is 19.3 Å². The van der Waals surface area contributed by atoms with Gasteiger partial charge in [-0.05, 0) is 46.3 Å². The summed E-state index contributed by atoms with van der Waals surface area (Å²) in [5.41, 5.74) is 1.12. The second-order valence-corrected chi connectivity index (χ2v) is 6.94. The Morgan fingerprint density at radius 3 is 2.78 bits per heavy atom. The highest BCUT2D eigenvalue weighted by molar-refractivity contribution is 7.18. The molecule has 6 nitrogen and oxygen atoms in total. The first kappa shape index (κ1) is 17.7. The minimum absolute atomic E-state index is 0.0453. The molecule has 2 atom stereocenters. The van der Waals surface area contributed by atoms with Crippen LogP contribution in [0.5, 0.6) is 0 Å². The van der Waals surface area contributed by atoms with E-state index in [1.54, 1.807) is 11.9 Å². The van der Waals surface area contributed by atoms with Gasteiger partial charge < -0.3 is 5.32 Å². The largest absolute Gasteiger partial charge is 0.342 e. The van der Waals surface area contributed by atoms with Crippen LogP contribution in [-0.2, 0) is 16.2 Å². The number of benzene rings is 1. The van der Waals surface area contributed by atoms with Crippen molar-refractivity contribution in [1.29, 1.82) is 5.41 Å². The molecule has 1 aromatic carbocycles. The maximum atomic E-state index is 12.7. The Balaban J connectivity index is 2.17. The maximum absolute atomic E-state index is 12.7. The molecule has 2 unspecified atom stereocenters. The zero-order valence-corrected chi connectivity index (χ0v) is 15.2. The molecular formula is C16H25N4O2P. The van der Waals surface area contributed by atoms with E-state index >= 15 is 0 Å². The molecule has 0 bridgehead atoms. The van der Waals surface area contributed by atoms with Crippen LogP contribution in [0.4, 0.5) is 5.69 Å². The number of carbonyl (C=O) groups excluding carboxylic acids is 1. The van der Waals surface area contributed by atoms with Crippen LogP contribution in [-0.4, -0.2) is 29.4 Å². The van der Waals surface area contributed by atoms with Crippen molar-refractivity contribution in [2.75, 3.05) is 11.9 Å². The van der Waals surface area contributed by atoms with Gasteiger partial charge in [-0.15, -0.1) is 0 Å². The molecule has 1 aliphatic rings. The standard InChI is InChI=1S/C16H25N4O2P/c1-11(2)9-16(3)14(21)19(15(17)18-16)10-12-6-5-7-13(8-12)20(23)22-4/h5-8,11H,9-10,23H2,1-4H3,(H2,17,18). The number of guanidine groups is 1. The van der Waals surface area contributed by atoms with Crippen molar-refractivity contribution >= 4 is 26.9 Å². The van der Waals surface area contributed by atoms with Crippen molar-refractivity contribution < 1.29 is 9.63 Å². The van der Waals surface area contributed by atoms with E-state index in [4.69, 9.17) is 10.2 Å². The van der Waals surface area contributed by atoms with Crippen molar-refractivity contribution in [3.05, 3.63) is 29.8 Å². The van der Waals surface area contributed by atoms with Gasteiger partial charge in [-0.2, -0.15) is 0 Å². The normalized spacial score (nSPS) is 21.0. The van der Waals surface area contributed by atoms with Crippen LogP contribution in [0.1, 0.15) is 32.8 Å². The average molecular weight is 336 g/mol. The van der Waals surface area contributed by atoms with Crippen LogP contribution < -0.4 is 10.2 Å². The Kier molecular flexibility index (Phi) is 5.27. The first-order valence-electron chi connectivity index (χ1n) is 7.63. The Labute approximate surface area is 139 Å². The summed E-state index contributed by atoms with van der Waals surface area (Å²) in [5.74, 6) is 0.494. The van der Waals surface area contributed by atoms with Crippen LogP contribution in [0, 0.1) is 11.3 Å². The summed E-state index contributed by atoms with van der Waals surface area (Å²) in [6.07, 6.45) is 0.702. The third-order valence-corrected chi connectivity index (χ3v) is 4.41. The zero-order chi connectivity index (χ0) is 17.2. The maximum Gasteiger partial charge on any atom is 0.255 e. The number of hydrogen-bond donors (Lipinski definition) is 2. The molecule has 1 fully saturated rings. The molecule has 1 heterocycles. The van der Waals surface area contributed by atoms with E-state index in [2.05, 4.69) is 28.6 Å². The van der Waals surface area contributed by atoms with E-state index < -0.39 is 5.54 Å². The number of nitrogens with one attached hydrogen (secondary N) is 2. The molecule has 1 saturated heterocycles. The van der Waals surface area contributed by atoms with Crippen molar-refractivity contribution in [1.82, 2.24) is 10.2 Å². The minimum atomic E-state index is -0.692. The molecule has 126 valence electrons.